The molecule has 7 nitrogen and oxygen atoms in total. The number of aromatic nitrogens is 3. The Balaban J connectivity index is 1.28. The first-order valence-corrected chi connectivity index (χ1v) is 11.6. The van der Waals surface area contributed by atoms with E-state index >= 15 is 0 Å². The van der Waals surface area contributed by atoms with Crippen LogP contribution in [0.3, 0.4) is 0 Å². The zero-order valence-electron chi connectivity index (χ0n) is 18.2. The van der Waals surface area contributed by atoms with Crippen molar-refractivity contribution in [2.45, 2.75) is 25.2 Å². The molecule has 0 saturated carbocycles. The third-order valence-corrected chi connectivity index (χ3v) is 5.64. The van der Waals surface area contributed by atoms with Crippen LogP contribution in [-0.4, -0.2) is 26.4 Å². The van der Waals surface area contributed by atoms with E-state index in [0.717, 1.165) is 17.3 Å². The van der Waals surface area contributed by atoms with Crippen LogP contribution in [0.5, 0.6) is 17.2 Å². The fourth-order valence-corrected chi connectivity index (χ4v) is 3.89. The number of carbonyl (C=O) groups excluding carboxylic acids is 1. The molecule has 4 rings (SSSR count). The molecule has 0 atom stereocenters. The van der Waals surface area contributed by atoms with E-state index < -0.39 is 0 Å². The molecule has 1 amide bonds. The number of para-hydroxylation sites is 2. The molecule has 0 bridgehead atoms. The summed E-state index contributed by atoms with van der Waals surface area (Å²) in [5, 5.41) is 12.0. The van der Waals surface area contributed by atoms with Crippen LogP contribution in [0.4, 0.5) is 5.69 Å². The van der Waals surface area contributed by atoms with E-state index in [1.807, 2.05) is 96.4 Å². The summed E-state index contributed by atoms with van der Waals surface area (Å²) in [7, 11) is 0. The van der Waals surface area contributed by atoms with Gasteiger partial charge in [-0.15, -0.1) is 10.2 Å². The molecule has 33 heavy (non-hydrogen) atoms. The van der Waals surface area contributed by atoms with Gasteiger partial charge in [-0.25, -0.2) is 0 Å². The van der Waals surface area contributed by atoms with Gasteiger partial charge in [-0.1, -0.05) is 48.2 Å². The predicted molar refractivity (Wildman–Crippen MR) is 129 cm³/mol. The Morgan fingerprint density at radius 3 is 2.18 bits per heavy atom. The van der Waals surface area contributed by atoms with Crippen molar-refractivity contribution in [2.75, 3.05) is 11.1 Å². The fraction of sp³-hybridized carbons (Fsp3) is 0.160. The molecule has 1 heterocycles. The van der Waals surface area contributed by atoms with Gasteiger partial charge in [0.1, 0.15) is 23.9 Å². The number of amides is 1. The molecule has 168 valence electrons. The Morgan fingerprint density at radius 2 is 1.52 bits per heavy atom. The molecule has 4 aromatic rings. The van der Waals surface area contributed by atoms with Crippen molar-refractivity contribution in [3.8, 4) is 17.2 Å². The van der Waals surface area contributed by atoms with E-state index in [9.17, 15) is 4.79 Å². The third kappa shape index (κ3) is 6.36. The molecule has 0 saturated heterocycles. The van der Waals surface area contributed by atoms with Crippen LogP contribution in [0.2, 0.25) is 0 Å². The lowest BCUT2D eigenvalue weighted by Crippen LogP contribution is -2.14. The Bertz CT molecular complexity index is 1170. The van der Waals surface area contributed by atoms with Crippen LogP contribution in [-0.2, 0) is 17.9 Å². The zero-order chi connectivity index (χ0) is 22.9. The summed E-state index contributed by atoms with van der Waals surface area (Å²) in [4.78, 5) is 12.4. The number of thioether (sulfide) groups is 1. The van der Waals surface area contributed by atoms with Crippen molar-refractivity contribution in [1.82, 2.24) is 14.8 Å². The number of hydrogen-bond acceptors (Lipinski definition) is 6. The lowest BCUT2D eigenvalue weighted by molar-refractivity contribution is -0.113. The quantitative estimate of drug-likeness (QED) is 0.319. The Morgan fingerprint density at radius 1 is 0.879 bits per heavy atom. The van der Waals surface area contributed by atoms with Crippen molar-refractivity contribution < 1.29 is 14.3 Å². The molecule has 0 aliphatic rings. The molecule has 3 aromatic carbocycles. The summed E-state index contributed by atoms with van der Waals surface area (Å²) >= 11 is 1.34. The van der Waals surface area contributed by atoms with Gasteiger partial charge in [-0.05, 0) is 55.5 Å². The van der Waals surface area contributed by atoms with Crippen molar-refractivity contribution in [3.05, 3.63) is 90.8 Å². The van der Waals surface area contributed by atoms with Crippen LogP contribution in [0.1, 0.15) is 12.7 Å². The third-order valence-electron chi connectivity index (χ3n) is 4.67. The highest BCUT2D eigenvalue weighted by atomic mass is 32.2. The Hall–Kier alpha value is -3.78. The summed E-state index contributed by atoms with van der Waals surface area (Å²) < 4.78 is 13.5. The van der Waals surface area contributed by atoms with E-state index in [-0.39, 0.29) is 11.7 Å². The molecule has 0 unspecified atom stereocenters. The van der Waals surface area contributed by atoms with Gasteiger partial charge in [0.05, 0.1) is 5.75 Å². The Kier molecular flexibility index (Phi) is 7.60. The maximum Gasteiger partial charge on any atom is 0.234 e. The van der Waals surface area contributed by atoms with Crippen LogP contribution >= 0.6 is 11.8 Å². The van der Waals surface area contributed by atoms with E-state index in [4.69, 9.17) is 9.47 Å². The van der Waals surface area contributed by atoms with Crippen molar-refractivity contribution in [2.24, 2.45) is 0 Å². The van der Waals surface area contributed by atoms with Gasteiger partial charge >= 0.3 is 0 Å². The number of anilines is 1. The number of nitrogens with zero attached hydrogens (tertiary/aromatic N) is 3. The second-order valence-electron chi connectivity index (χ2n) is 7.02. The molecule has 0 spiro atoms. The highest BCUT2D eigenvalue weighted by Gasteiger charge is 2.14. The van der Waals surface area contributed by atoms with Crippen LogP contribution < -0.4 is 14.8 Å². The average Bonchev–Trinajstić information content (AvgIpc) is 3.26. The van der Waals surface area contributed by atoms with E-state index in [1.54, 1.807) is 0 Å². The maximum absolute atomic E-state index is 12.4. The summed E-state index contributed by atoms with van der Waals surface area (Å²) in [5.41, 5.74) is 0.704. The van der Waals surface area contributed by atoms with E-state index in [1.165, 1.54) is 11.8 Å². The molecule has 8 heteroatoms. The summed E-state index contributed by atoms with van der Waals surface area (Å²) in [6, 6.07) is 26.4. The first kappa shape index (κ1) is 22.4. The minimum atomic E-state index is -0.121. The van der Waals surface area contributed by atoms with Crippen LogP contribution in [0.25, 0.3) is 0 Å². The monoisotopic (exact) mass is 460 g/mol. The van der Waals surface area contributed by atoms with Crippen molar-refractivity contribution >= 4 is 23.4 Å². The summed E-state index contributed by atoms with van der Waals surface area (Å²) in [6.45, 7) is 3.01. The largest absolute Gasteiger partial charge is 0.486 e. The van der Waals surface area contributed by atoms with Crippen LogP contribution in [0, 0.1) is 0 Å². The smallest absolute Gasteiger partial charge is 0.234 e. The van der Waals surface area contributed by atoms with Gasteiger partial charge in [0.25, 0.3) is 0 Å². The maximum atomic E-state index is 12.4. The first-order valence-electron chi connectivity index (χ1n) is 10.6. The minimum Gasteiger partial charge on any atom is -0.486 e. The Labute approximate surface area is 196 Å². The standard InChI is InChI=1S/C25H24N4O3S/c1-2-29-23(17-31-20-9-5-3-6-10-20)27-28-25(29)33-18-24(30)26-19-13-15-22(16-14-19)32-21-11-7-4-8-12-21/h3-16H,2,17-18H2,1H3,(H,26,30). The molecule has 0 radical (unpaired) electrons. The molecular weight excluding hydrogens is 436 g/mol. The number of carbonyl (C=O) groups is 1. The number of nitrogens with one attached hydrogen (secondary N) is 1. The van der Waals surface area contributed by atoms with E-state index in [0.29, 0.717) is 29.7 Å². The van der Waals surface area contributed by atoms with Gasteiger partial charge in [0.15, 0.2) is 11.0 Å². The number of rotatable bonds is 10. The lowest BCUT2D eigenvalue weighted by Gasteiger charge is -2.09. The number of ether oxygens (including phenoxy) is 2. The fourth-order valence-electron chi connectivity index (χ4n) is 3.07. The van der Waals surface area contributed by atoms with Crippen molar-refractivity contribution in [3.63, 3.8) is 0 Å². The van der Waals surface area contributed by atoms with Gasteiger partial charge in [0.2, 0.25) is 5.91 Å². The highest BCUT2D eigenvalue weighted by molar-refractivity contribution is 7.99. The highest BCUT2D eigenvalue weighted by Crippen LogP contribution is 2.23. The van der Waals surface area contributed by atoms with Gasteiger partial charge in [-0.2, -0.15) is 0 Å². The van der Waals surface area contributed by atoms with Gasteiger partial charge in [-0.3, -0.25) is 4.79 Å². The molecular formula is C25H24N4O3S. The minimum absolute atomic E-state index is 0.121. The molecule has 1 aromatic heterocycles. The number of benzene rings is 3. The van der Waals surface area contributed by atoms with Crippen molar-refractivity contribution in [1.29, 1.82) is 0 Å². The summed E-state index contributed by atoms with van der Waals surface area (Å²) in [6.07, 6.45) is 0. The predicted octanol–water partition coefficient (Wildman–Crippen LogP) is 5.40. The van der Waals surface area contributed by atoms with Crippen LogP contribution in [0.15, 0.2) is 90.1 Å². The first-order chi connectivity index (χ1) is 16.2. The van der Waals surface area contributed by atoms with E-state index in [2.05, 4.69) is 15.5 Å². The lowest BCUT2D eigenvalue weighted by atomic mass is 10.3. The second-order valence-corrected chi connectivity index (χ2v) is 7.96. The average molecular weight is 461 g/mol. The molecule has 0 aliphatic heterocycles. The topological polar surface area (TPSA) is 78.3 Å². The SMILES string of the molecule is CCn1c(COc2ccccc2)nnc1SCC(=O)Nc1ccc(Oc2ccccc2)cc1. The normalized spacial score (nSPS) is 10.6. The number of hydrogen-bond donors (Lipinski definition) is 1. The zero-order valence-corrected chi connectivity index (χ0v) is 19.0. The summed E-state index contributed by atoms with van der Waals surface area (Å²) in [5.74, 6) is 3.06. The van der Waals surface area contributed by atoms with Gasteiger partial charge in [0, 0.05) is 12.2 Å². The van der Waals surface area contributed by atoms with Gasteiger partial charge < -0.3 is 19.4 Å². The molecule has 1 N–H and O–H groups in total. The molecule has 0 fully saturated rings. The second kappa shape index (κ2) is 11.2. The molecule has 0 aliphatic carbocycles.